The van der Waals surface area contributed by atoms with E-state index >= 15 is 0 Å². The zero-order chi connectivity index (χ0) is 8.39. The normalized spacial score (nSPS) is 15.7. The average molecular weight is 157 g/mol. The second kappa shape index (κ2) is 2.86. The molecule has 1 aromatic carbocycles. The molecule has 0 bridgehead atoms. The van der Waals surface area contributed by atoms with Crippen molar-refractivity contribution in [3.8, 4) is 0 Å². The lowest BCUT2D eigenvalue weighted by Crippen LogP contribution is -2.03. The smallest absolute Gasteiger partial charge is 0.0418 e. The van der Waals surface area contributed by atoms with Gasteiger partial charge in [-0.25, -0.2) is 0 Å². The second-order valence-corrected chi connectivity index (χ2v) is 2.92. The van der Waals surface area contributed by atoms with Gasteiger partial charge >= 0.3 is 0 Å². The lowest BCUT2D eigenvalue weighted by molar-refractivity contribution is 1.09. The van der Waals surface area contributed by atoms with Gasteiger partial charge in [-0.2, -0.15) is 0 Å². The first-order valence-corrected chi connectivity index (χ1v) is 4.06. The van der Waals surface area contributed by atoms with Gasteiger partial charge in [0, 0.05) is 17.8 Å². The fourth-order valence-corrected chi connectivity index (χ4v) is 1.33. The number of hydrogen-bond donors (Lipinski definition) is 1. The van der Waals surface area contributed by atoms with Crippen LogP contribution < -0.4 is 5.32 Å². The van der Waals surface area contributed by atoms with Crippen molar-refractivity contribution in [3.05, 3.63) is 54.2 Å². The van der Waals surface area contributed by atoms with Gasteiger partial charge in [0.15, 0.2) is 0 Å². The summed E-state index contributed by atoms with van der Waals surface area (Å²) in [6.45, 7) is 3.87. The van der Waals surface area contributed by atoms with Crippen molar-refractivity contribution in [2.45, 2.75) is 6.42 Å². The van der Waals surface area contributed by atoms with Gasteiger partial charge in [-0.05, 0) is 5.56 Å². The Balaban J connectivity index is 2.28. The SMILES string of the molecule is C=C1CC=C(c2ccccc2)N1. The number of rotatable bonds is 1. The van der Waals surface area contributed by atoms with Crippen LogP contribution in [0.5, 0.6) is 0 Å². The third-order valence-corrected chi connectivity index (χ3v) is 1.95. The summed E-state index contributed by atoms with van der Waals surface area (Å²) in [6, 6.07) is 10.3. The Morgan fingerprint density at radius 3 is 2.50 bits per heavy atom. The van der Waals surface area contributed by atoms with Gasteiger partial charge in [-0.1, -0.05) is 43.0 Å². The molecular formula is C11H11N. The summed E-state index contributed by atoms with van der Waals surface area (Å²) in [5.41, 5.74) is 3.49. The largest absolute Gasteiger partial charge is 0.359 e. The van der Waals surface area contributed by atoms with Crippen molar-refractivity contribution in [3.63, 3.8) is 0 Å². The van der Waals surface area contributed by atoms with Crippen LogP contribution in [0.15, 0.2) is 48.7 Å². The van der Waals surface area contributed by atoms with Crippen LogP contribution in [-0.2, 0) is 0 Å². The topological polar surface area (TPSA) is 12.0 Å². The van der Waals surface area contributed by atoms with Gasteiger partial charge in [0.1, 0.15) is 0 Å². The van der Waals surface area contributed by atoms with Crippen LogP contribution in [-0.4, -0.2) is 0 Å². The maximum atomic E-state index is 3.87. The Labute approximate surface area is 72.4 Å². The van der Waals surface area contributed by atoms with Gasteiger partial charge < -0.3 is 5.32 Å². The average Bonchev–Trinajstić information content (AvgIpc) is 2.54. The number of hydrogen-bond acceptors (Lipinski definition) is 1. The highest BCUT2D eigenvalue weighted by Gasteiger charge is 2.07. The molecule has 0 amide bonds. The molecule has 0 saturated heterocycles. The van der Waals surface area contributed by atoms with E-state index in [-0.39, 0.29) is 0 Å². The minimum Gasteiger partial charge on any atom is -0.359 e. The van der Waals surface area contributed by atoms with Crippen molar-refractivity contribution < 1.29 is 0 Å². The molecule has 0 fully saturated rings. The highest BCUT2D eigenvalue weighted by Crippen LogP contribution is 2.19. The van der Waals surface area contributed by atoms with Crippen molar-refractivity contribution >= 4 is 5.70 Å². The number of allylic oxidation sites excluding steroid dienone is 1. The van der Waals surface area contributed by atoms with E-state index in [0.717, 1.165) is 12.1 Å². The maximum absolute atomic E-state index is 3.87. The molecule has 12 heavy (non-hydrogen) atoms. The predicted molar refractivity (Wildman–Crippen MR) is 51.3 cm³/mol. The zero-order valence-corrected chi connectivity index (χ0v) is 6.88. The monoisotopic (exact) mass is 157 g/mol. The summed E-state index contributed by atoms with van der Waals surface area (Å²) in [4.78, 5) is 0. The molecule has 0 aromatic heterocycles. The molecule has 1 N–H and O–H groups in total. The summed E-state index contributed by atoms with van der Waals surface area (Å²) in [5.74, 6) is 0. The van der Waals surface area contributed by atoms with E-state index in [2.05, 4.69) is 30.1 Å². The minimum absolute atomic E-state index is 0.949. The second-order valence-electron chi connectivity index (χ2n) is 2.92. The molecule has 1 aliphatic heterocycles. The molecule has 2 rings (SSSR count). The fourth-order valence-electron chi connectivity index (χ4n) is 1.33. The summed E-state index contributed by atoms with van der Waals surface area (Å²) >= 11 is 0. The summed E-state index contributed by atoms with van der Waals surface area (Å²) < 4.78 is 0. The molecule has 0 atom stereocenters. The van der Waals surface area contributed by atoms with Crippen molar-refractivity contribution in [1.29, 1.82) is 0 Å². The highest BCUT2D eigenvalue weighted by atomic mass is 14.9. The number of nitrogens with one attached hydrogen (secondary N) is 1. The molecule has 0 saturated carbocycles. The van der Waals surface area contributed by atoms with E-state index in [1.807, 2.05) is 18.2 Å². The first kappa shape index (κ1) is 7.17. The molecule has 1 aromatic rings. The van der Waals surface area contributed by atoms with Crippen LogP contribution in [0, 0.1) is 0 Å². The Morgan fingerprint density at radius 1 is 1.17 bits per heavy atom. The molecule has 1 heteroatoms. The third kappa shape index (κ3) is 1.26. The van der Waals surface area contributed by atoms with Gasteiger partial charge in [-0.15, -0.1) is 0 Å². The van der Waals surface area contributed by atoms with E-state index in [1.165, 1.54) is 11.3 Å². The van der Waals surface area contributed by atoms with E-state index in [1.54, 1.807) is 0 Å². The fraction of sp³-hybridized carbons (Fsp3) is 0.0909. The van der Waals surface area contributed by atoms with E-state index in [0.29, 0.717) is 0 Å². The van der Waals surface area contributed by atoms with E-state index in [4.69, 9.17) is 0 Å². The minimum atomic E-state index is 0.949. The third-order valence-electron chi connectivity index (χ3n) is 1.95. The molecule has 60 valence electrons. The molecule has 0 unspecified atom stereocenters. The molecule has 0 spiro atoms. The van der Waals surface area contributed by atoms with Crippen LogP contribution in [0.3, 0.4) is 0 Å². The molecule has 1 nitrogen and oxygen atoms in total. The predicted octanol–water partition coefficient (Wildman–Crippen LogP) is 2.53. The standard InChI is InChI=1S/C11H11N/c1-9-7-8-11(12-9)10-5-3-2-4-6-10/h2-6,8,12H,1,7H2. The molecule has 0 radical (unpaired) electrons. The lowest BCUT2D eigenvalue weighted by Gasteiger charge is -2.03. The Morgan fingerprint density at radius 2 is 1.92 bits per heavy atom. The van der Waals surface area contributed by atoms with Gasteiger partial charge in [0.25, 0.3) is 0 Å². The van der Waals surface area contributed by atoms with Gasteiger partial charge in [0.05, 0.1) is 0 Å². The van der Waals surface area contributed by atoms with E-state index in [9.17, 15) is 0 Å². The number of benzene rings is 1. The quantitative estimate of drug-likeness (QED) is 0.660. The van der Waals surface area contributed by atoms with Crippen LogP contribution in [0.2, 0.25) is 0 Å². The maximum Gasteiger partial charge on any atom is 0.0418 e. The van der Waals surface area contributed by atoms with Crippen molar-refractivity contribution in [1.82, 2.24) is 5.32 Å². The van der Waals surface area contributed by atoms with Crippen LogP contribution in [0.1, 0.15) is 12.0 Å². The Bertz CT molecular complexity index is 322. The van der Waals surface area contributed by atoms with Crippen LogP contribution in [0.25, 0.3) is 5.70 Å². The Kier molecular flexibility index (Phi) is 1.71. The van der Waals surface area contributed by atoms with Gasteiger partial charge in [0.2, 0.25) is 0 Å². The molecule has 0 aliphatic carbocycles. The van der Waals surface area contributed by atoms with Crippen LogP contribution >= 0.6 is 0 Å². The zero-order valence-electron chi connectivity index (χ0n) is 6.88. The first-order chi connectivity index (χ1) is 5.86. The summed E-state index contributed by atoms with van der Waals surface area (Å²) in [6.07, 6.45) is 3.11. The first-order valence-electron chi connectivity index (χ1n) is 4.06. The van der Waals surface area contributed by atoms with Crippen molar-refractivity contribution in [2.24, 2.45) is 0 Å². The summed E-state index contributed by atoms with van der Waals surface area (Å²) in [5, 5.41) is 3.24. The van der Waals surface area contributed by atoms with Gasteiger partial charge in [-0.3, -0.25) is 0 Å². The van der Waals surface area contributed by atoms with Crippen molar-refractivity contribution in [2.75, 3.05) is 0 Å². The van der Waals surface area contributed by atoms with Crippen LogP contribution in [0.4, 0.5) is 0 Å². The molecular weight excluding hydrogens is 146 g/mol. The molecule has 1 aliphatic rings. The van der Waals surface area contributed by atoms with E-state index < -0.39 is 0 Å². The lowest BCUT2D eigenvalue weighted by atomic mass is 10.2. The molecule has 1 heterocycles. The summed E-state index contributed by atoms with van der Waals surface area (Å²) in [7, 11) is 0. The Hall–Kier alpha value is -1.50. The highest BCUT2D eigenvalue weighted by molar-refractivity contribution is 5.68.